The molecule has 1 aliphatic rings. The van der Waals surface area contributed by atoms with Gasteiger partial charge in [0.1, 0.15) is 6.54 Å². The van der Waals surface area contributed by atoms with E-state index >= 15 is 0 Å². The predicted molar refractivity (Wildman–Crippen MR) is 151 cm³/mol. The lowest BCUT2D eigenvalue weighted by Crippen LogP contribution is -2.21. The Morgan fingerprint density at radius 2 is 1.57 bits per heavy atom. The van der Waals surface area contributed by atoms with E-state index in [-0.39, 0.29) is 29.3 Å². The van der Waals surface area contributed by atoms with Crippen LogP contribution in [0.15, 0.2) is 89.7 Å². The number of nitrogens with one attached hydrogen (secondary N) is 1. The SMILES string of the molecule is CCC1=NN(c2ccccc2)C(=O)C1=Cc1cn(CC(=O)Nc2cc(C(=O)O)cc(C(=O)O)c2)c2ccccc12. The summed E-state index contributed by atoms with van der Waals surface area (Å²) >= 11 is 0. The zero-order valence-corrected chi connectivity index (χ0v) is 21.4. The fraction of sp³-hybridized carbons (Fsp3) is 0.100. The molecule has 4 aromatic rings. The third-order valence-electron chi connectivity index (χ3n) is 6.43. The van der Waals surface area contributed by atoms with E-state index in [1.54, 1.807) is 16.8 Å². The Bertz CT molecular complexity index is 1700. The van der Waals surface area contributed by atoms with Gasteiger partial charge < -0.3 is 20.1 Å². The third-order valence-corrected chi connectivity index (χ3v) is 6.43. The molecule has 2 heterocycles. The van der Waals surface area contributed by atoms with Crippen LogP contribution in [0.2, 0.25) is 0 Å². The molecule has 1 aromatic heterocycles. The molecule has 3 N–H and O–H groups in total. The van der Waals surface area contributed by atoms with E-state index in [9.17, 15) is 29.4 Å². The van der Waals surface area contributed by atoms with Gasteiger partial charge in [-0.3, -0.25) is 9.59 Å². The van der Waals surface area contributed by atoms with Crippen LogP contribution >= 0.6 is 0 Å². The van der Waals surface area contributed by atoms with Gasteiger partial charge in [-0.25, -0.2) is 9.59 Å². The van der Waals surface area contributed by atoms with Gasteiger partial charge >= 0.3 is 11.9 Å². The van der Waals surface area contributed by atoms with Crippen LogP contribution in [-0.4, -0.2) is 44.2 Å². The first kappa shape index (κ1) is 26.1. The second kappa shape index (κ2) is 10.7. The molecule has 0 spiro atoms. The van der Waals surface area contributed by atoms with Gasteiger partial charge in [0.05, 0.1) is 28.1 Å². The molecular weight excluding hydrogens is 512 g/mol. The number of carbonyl (C=O) groups is 4. The van der Waals surface area contributed by atoms with Gasteiger partial charge in [0.2, 0.25) is 5.91 Å². The number of hydrogen-bond acceptors (Lipinski definition) is 5. The van der Waals surface area contributed by atoms with E-state index in [2.05, 4.69) is 10.4 Å². The Morgan fingerprint density at radius 3 is 2.23 bits per heavy atom. The molecule has 3 aromatic carbocycles. The molecular formula is C30H24N4O6. The largest absolute Gasteiger partial charge is 0.478 e. The Balaban J connectivity index is 1.45. The Morgan fingerprint density at radius 1 is 0.925 bits per heavy atom. The molecule has 0 bridgehead atoms. The number of rotatable bonds is 8. The second-order valence-electron chi connectivity index (χ2n) is 9.10. The molecule has 10 nitrogen and oxygen atoms in total. The van der Waals surface area contributed by atoms with Crippen LogP contribution < -0.4 is 10.3 Å². The summed E-state index contributed by atoms with van der Waals surface area (Å²) in [6, 6.07) is 20.0. The quantitative estimate of drug-likeness (QED) is 0.274. The summed E-state index contributed by atoms with van der Waals surface area (Å²) in [5.41, 5.74) is 2.80. The van der Waals surface area contributed by atoms with E-state index in [1.165, 1.54) is 17.1 Å². The van der Waals surface area contributed by atoms with Crippen LogP contribution in [0.1, 0.15) is 39.6 Å². The lowest BCUT2D eigenvalue weighted by Gasteiger charge is -2.10. The van der Waals surface area contributed by atoms with Gasteiger partial charge in [-0.15, -0.1) is 0 Å². The number of aromatic nitrogens is 1. The van der Waals surface area contributed by atoms with Crippen molar-refractivity contribution in [3.63, 3.8) is 0 Å². The first-order valence-electron chi connectivity index (χ1n) is 12.4. The summed E-state index contributed by atoms with van der Waals surface area (Å²) in [5, 5.41) is 28.0. The second-order valence-corrected chi connectivity index (χ2v) is 9.10. The first-order chi connectivity index (χ1) is 19.2. The Hall–Kier alpha value is -5.51. The number of aromatic carboxylic acids is 2. The van der Waals surface area contributed by atoms with Crippen LogP contribution in [0, 0.1) is 0 Å². The van der Waals surface area contributed by atoms with E-state index in [0.29, 0.717) is 23.4 Å². The van der Waals surface area contributed by atoms with Crippen LogP contribution in [0.25, 0.3) is 17.0 Å². The molecule has 0 fully saturated rings. The highest BCUT2D eigenvalue weighted by Crippen LogP contribution is 2.29. The van der Waals surface area contributed by atoms with E-state index in [1.807, 2.05) is 61.5 Å². The lowest BCUT2D eigenvalue weighted by molar-refractivity contribution is -0.116. The average Bonchev–Trinajstić information content (AvgIpc) is 3.45. The topological polar surface area (TPSA) is 141 Å². The molecule has 1 aliphatic heterocycles. The van der Waals surface area contributed by atoms with Crippen molar-refractivity contribution in [1.82, 2.24) is 4.57 Å². The van der Waals surface area contributed by atoms with Crippen molar-refractivity contribution in [3.05, 3.63) is 101 Å². The van der Waals surface area contributed by atoms with Crippen LogP contribution in [0.5, 0.6) is 0 Å². The fourth-order valence-corrected chi connectivity index (χ4v) is 4.59. The summed E-state index contributed by atoms with van der Waals surface area (Å²) in [7, 11) is 0. The number of hydrogen-bond donors (Lipinski definition) is 3. The van der Waals surface area contributed by atoms with Gasteiger partial charge in [-0.05, 0) is 48.9 Å². The van der Waals surface area contributed by atoms with Crippen molar-refractivity contribution in [1.29, 1.82) is 0 Å². The summed E-state index contributed by atoms with van der Waals surface area (Å²) in [5.74, 6) is -3.35. The standard InChI is InChI=1S/C30H24N4O6/c1-2-25-24(28(36)34(32-25)22-8-4-3-5-9-22)15-20-16-33(26-11-7-6-10-23(20)26)17-27(35)31-21-13-18(29(37)38)12-19(14-21)30(39)40/h3-16H,2,17H2,1H3,(H,31,35)(H,37,38)(H,39,40). The molecule has 2 amide bonds. The molecule has 0 atom stereocenters. The predicted octanol–water partition coefficient (Wildman–Crippen LogP) is 4.87. The maximum Gasteiger partial charge on any atom is 0.335 e. The molecule has 5 rings (SSSR count). The summed E-state index contributed by atoms with van der Waals surface area (Å²) < 4.78 is 1.72. The lowest BCUT2D eigenvalue weighted by atomic mass is 10.0. The highest BCUT2D eigenvalue weighted by molar-refractivity contribution is 6.33. The summed E-state index contributed by atoms with van der Waals surface area (Å²) in [4.78, 5) is 49.1. The highest BCUT2D eigenvalue weighted by atomic mass is 16.4. The van der Waals surface area contributed by atoms with Crippen molar-refractivity contribution in [3.8, 4) is 0 Å². The molecule has 40 heavy (non-hydrogen) atoms. The highest BCUT2D eigenvalue weighted by Gasteiger charge is 2.30. The number of nitrogens with zero attached hydrogens (tertiary/aromatic N) is 3. The van der Waals surface area contributed by atoms with E-state index in [4.69, 9.17) is 0 Å². The number of carboxylic acid groups (broad SMARTS) is 2. The number of carbonyl (C=O) groups excluding carboxylic acids is 2. The smallest absolute Gasteiger partial charge is 0.335 e. The first-order valence-corrected chi connectivity index (χ1v) is 12.4. The number of benzene rings is 3. The number of fused-ring (bicyclic) bond motifs is 1. The molecule has 200 valence electrons. The third kappa shape index (κ3) is 5.10. The van der Waals surface area contributed by atoms with Gasteiger partial charge in [0.25, 0.3) is 5.91 Å². The Labute approximate surface area is 228 Å². The number of amides is 2. The van der Waals surface area contributed by atoms with Crippen LogP contribution in [0.4, 0.5) is 11.4 Å². The van der Waals surface area contributed by atoms with Crippen molar-refractivity contribution >= 4 is 57.8 Å². The van der Waals surface area contributed by atoms with Gasteiger partial charge in [-0.1, -0.05) is 43.3 Å². The minimum absolute atomic E-state index is 0.0578. The van der Waals surface area contributed by atoms with Gasteiger partial charge in [0.15, 0.2) is 0 Å². The number of hydrazone groups is 1. The number of carboxylic acids is 2. The number of anilines is 2. The average molecular weight is 537 g/mol. The summed E-state index contributed by atoms with van der Waals surface area (Å²) in [6.07, 6.45) is 4.09. The van der Waals surface area contributed by atoms with Gasteiger partial charge in [0, 0.05) is 28.4 Å². The minimum atomic E-state index is -1.31. The normalized spacial score (nSPS) is 14.0. The van der Waals surface area contributed by atoms with Crippen molar-refractivity contribution in [2.45, 2.75) is 19.9 Å². The van der Waals surface area contributed by atoms with Crippen molar-refractivity contribution in [2.75, 3.05) is 10.3 Å². The van der Waals surface area contributed by atoms with E-state index in [0.717, 1.165) is 22.5 Å². The van der Waals surface area contributed by atoms with Gasteiger partial charge in [-0.2, -0.15) is 10.1 Å². The van der Waals surface area contributed by atoms with Crippen molar-refractivity contribution in [2.24, 2.45) is 5.10 Å². The summed E-state index contributed by atoms with van der Waals surface area (Å²) in [6.45, 7) is 1.79. The molecule has 10 heteroatoms. The number of para-hydroxylation sites is 2. The monoisotopic (exact) mass is 536 g/mol. The maximum atomic E-state index is 13.3. The molecule has 0 saturated heterocycles. The van der Waals surface area contributed by atoms with E-state index < -0.39 is 17.8 Å². The molecule has 0 radical (unpaired) electrons. The Kier molecular flexibility index (Phi) is 6.98. The van der Waals surface area contributed by atoms with Crippen LogP contribution in [-0.2, 0) is 16.1 Å². The maximum absolute atomic E-state index is 13.3. The zero-order chi connectivity index (χ0) is 28.4. The zero-order valence-electron chi connectivity index (χ0n) is 21.4. The van der Waals surface area contributed by atoms with Crippen molar-refractivity contribution < 1.29 is 29.4 Å². The molecule has 0 aliphatic carbocycles. The fourth-order valence-electron chi connectivity index (χ4n) is 4.59. The minimum Gasteiger partial charge on any atom is -0.478 e. The molecule has 0 unspecified atom stereocenters. The van der Waals surface area contributed by atoms with Crippen LogP contribution in [0.3, 0.4) is 0 Å². The molecule has 0 saturated carbocycles.